The number of carboxylic acids is 1. The highest BCUT2D eigenvalue weighted by Crippen LogP contribution is 2.26. The van der Waals surface area contributed by atoms with Crippen LogP contribution in [0.4, 0.5) is 0 Å². The van der Waals surface area contributed by atoms with E-state index in [0.29, 0.717) is 19.3 Å². The third kappa shape index (κ3) is 46.6. The lowest BCUT2D eigenvalue weighted by Gasteiger charge is -2.40. The molecule has 1 aliphatic rings. The van der Waals surface area contributed by atoms with Crippen molar-refractivity contribution in [3.63, 3.8) is 0 Å². The first-order valence-corrected chi connectivity index (χ1v) is 31.8. The molecule has 6 atom stereocenters. The van der Waals surface area contributed by atoms with Crippen LogP contribution in [-0.2, 0) is 42.9 Å². The van der Waals surface area contributed by atoms with Gasteiger partial charge in [-0.05, 0) is 128 Å². The number of hydrogen-bond acceptors (Lipinski definition) is 11. The first-order chi connectivity index (χ1) is 40.6. The second-order valence-corrected chi connectivity index (χ2v) is 20.9. The molecule has 0 aromatic carbocycles. The lowest BCUT2D eigenvalue weighted by molar-refractivity contribution is -0.301. The number of hydrogen-bond donors (Lipinski definition) is 3. The molecule has 83 heavy (non-hydrogen) atoms. The average molecular weight is 1160 g/mol. The molecule has 6 unspecified atom stereocenters. The van der Waals surface area contributed by atoms with Gasteiger partial charge >= 0.3 is 23.9 Å². The Labute approximate surface area is 502 Å². The lowest BCUT2D eigenvalue weighted by Crippen LogP contribution is -2.61. The molecule has 12 nitrogen and oxygen atoms in total. The molecule has 0 amide bonds. The largest absolute Gasteiger partial charge is 0.479 e. The van der Waals surface area contributed by atoms with Crippen LogP contribution >= 0.6 is 0 Å². The van der Waals surface area contributed by atoms with Crippen LogP contribution in [0.25, 0.3) is 0 Å². The number of ether oxygens (including phenoxy) is 5. The van der Waals surface area contributed by atoms with Crippen molar-refractivity contribution in [1.29, 1.82) is 0 Å². The number of aliphatic hydroxyl groups excluding tert-OH is 2. The van der Waals surface area contributed by atoms with Gasteiger partial charge < -0.3 is 39.0 Å². The van der Waals surface area contributed by atoms with E-state index in [1.54, 1.807) is 0 Å². The van der Waals surface area contributed by atoms with Crippen LogP contribution in [0.1, 0.15) is 226 Å². The molecule has 0 aromatic rings. The molecular weight excluding hydrogens is 1040 g/mol. The highest BCUT2D eigenvalue weighted by atomic mass is 16.7. The zero-order valence-corrected chi connectivity index (χ0v) is 51.4. The molecule has 1 rings (SSSR count). The van der Waals surface area contributed by atoms with E-state index in [0.717, 1.165) is 148 Å². The van der Waals surface area contributed by atoms with Gasteiger partial charge in [-0.15, -0.1) is 0 Å². The Kier molecular flexibility index (Phi) is 52.0. The fourth-order valence-corrected chi connectivity index (χ4v) is 8.59. The van der Waals surface area contributed by atoms with E-state index in [2.05, 4.69) is 154 Å². The molecule has 1 heterocycles. The molecule has 1 fully saturated rings. The number of allylic oxidation sites excluding steroid dienone is 24. The Hall–Kier alpha value is -5.40. The van der Waals surface area contributed by atoms with Gasteiger partial charge in [0.2, 0.25) is 0 Å². The quantitative estimate of drug-likeness (QED) is 0.0228. The average Bonchev–Trinajstić information content (AvgIpc) is 3.59. The zero-order valence-electron chi connectivity index (χ0n) is 51.4. The fourth-order valence-electron chi connectivity index (χ4n) is 8.59. The van der Waals surface area contributed by atoms with Crippen molar-refractivity contribution in [2.45, 2.75) is 263 Å². The van der Waals surface area contributed by atoms with E-state index in [9.17, 15) is 34.5 Å². The smallest absolute Gasteiger partial charge is 0.335 e. The molecule has 1 saturated heterocycles. The van der Waals surface area contributed by atoms with E-state index in [-0.39, 0.29) is 25.9 Å². The van der Waals surface area contributed by atoms with Crippen LogP contribution in [0.5, 0.6) is 0 Å². The lowest BCUT2D eigenvalue weighted by atomic mass is 9.98. The summed E-state index contributed by atoms with van der Waals surface area (Å²) in [6, 6.07) is 0. The predicted octanol–water partition coefficient (Wildman–Crippen LogP) is 17.1. The number of rotatable bonds is 52. The molecule has 12 heteroatoms. The summed E-state index contributed by atoms with van der Waals surface area (Å²) in [5.41, 5.74) is 0. The second kappa shape index (κ2) is 57.1. The van der Waals surface area contributed by atoms with Crippen LogP contribution in [0.3, 0.4) is 0 Å². The van der Waals surface area contributed by atoms with Crippen LogP contribution in [0, 0.1) is 0 Å². The summed E-state index contributed by atoms with van der Waals surface area (Å²) in [5, 5.41) is 31.6. The fraction of sp³-hybridized carbons (Fsp3) is 0.606. The van der Waals surface area contributed by atoms with E-state index in [1.807, 2.05) is 12.2 Å². The minimum atomic E-state index is -1.93. The third-order valence-corrected chi connectivity index (χ3v) is 13.4. The Balaban J connectivity index is 2.75. The molecule has 3 N–H and O–H groups in total. The summed E-state index contributed by atoms with van der Waals surface area (Å²) in [5.74, 6) is -3.29. The molecule has 466 valence electrons. The first kappa shape index (κ1) is 75.6. The molecule has 1 aliphatic heterocycles. The molecule has 0 spiro atoms. The van der Waals surface area contributed by atoms with Gasteiger partial charge in [0.05, 0.1) is 6.61 Å². The van der Waals surface area contributed by atoms with Gasteiger partial charge in [-0.2, -0.15) is 0 Å². The summed E-state index contributed by atoms with van der Waals surface area (Å²) in [6.45, 7) is 5.66. The van der Waals surface area contributed by atoms with E-state index in [1.165, 1.54) is 19.3 Å². The Morgan fingerprint density at radius 3 is 1.20 bits per heavy atom. The van der Waals surface area contributed by atoms with Gasteiger partial charge in [0, 0.05) is 19.3 Å². The van der Waals surface area contributed by atoms with Gasteiger partial charge in [0.15, 0.2) is 24.6 Å². The summed E-state index contributed by atoms with van der Waals surface area (Å²) in [6.07, 6.45) is 69.5. The normalized spacial score (nSPS) is 18.6. The monoisotopic (exact) mass is 1150 g/mol. The summed E-state index contributed by atoms with van der Waals surface area (Å²) >= 11 is 0. The first-order valence-electron chi connectivity index (χ1n) is 31.8. The summed E-state index contributed by atoms with van der Waals surface area (Å²) < 4.78 is 28.4. The molecular formula is C71H110O12. The number of aliphatic hydroxyl groups is 2. The molecule has 0 bridgehead atoms. The number of carbonyl (C=O) groups is 4. The van der Waals surface area contributed by atoms with E-state index < -0.39 is 67.3 Å². The highest BCUT2D eigenvalue weighted by Gasteiger charge is 2.50. The summed E-state index contributed by atoms with van der Waals surface area (Å²) in [4.78, 5) is 51.3. The maximum Gasteiger partial charge on any atom is 0.335 e. The number of aliphatic carboxylic acids is 1. The van der Waals surface area contributed by atoms with Gasteiger partial charge in [-0.25, -0.2) is 4.79 Å². The minimum Gasteiger partial charge on any atom is -0.479 e. The van der Waals surface area contributed by atoms with Gasteiger partial charge in [0.25, 0.3) is 0 Å². The Morgan fingerprint density at radius 2 is 0.783 bits per heavy atom. The zero-order chi connectivity index (χ0) is 60.3. The van der Waals surface area contributed by atoms with Crippen LogP contribution in [0.15, 0.2) is 146 Å². The SMILES string of the molecule is CC/C=C\C/C=C\C/C=C\C/C=C\C/C=C\C/C=C\CCC(=O)OCC(COC1OC(C(=O)O)C(O)C(O)C1OC(=O)CCCCCC/C=C\C/C=C\C/C=C\C/C=C\CC)OC(=O)CCCCCCCCC/C=C\C/C=C\CCCCC. The van der Waals surface area contributed by atoms with Gasteiger partial charge in [0.1, 0.15) is 18.8 Å². The summed E-state index contributed by atoms with van der Waals surface area (Å²) in [7, 11) is 0. The van der Waals surface area contributed by atoms with Crippen molar-refractivity contribution >= 4 is 23.9 Å². The number of unbranched alkanes of at least 4 members (excludes halogenated alkanes) is 14. The topological polar surface area (TPSA) is 175 Å². The Morgan fingerprint density at radius 1 is 0.410 bits per heavy atom. The van der Waals surface area contributed by atoms with Crippen molar-refractivity contribution < 1.29 is 58.2 Å². The molecule has 0 aromatic heterocycles. The maximum absolute atomic E-state index is 13.2. The van der Waals surface area contributed by atoms with Crippen molar-refractivity contribution in [2.75, 3.05) is 13.2 Å². The molecule has 0 aliphatic carbocycles. The van der Waals surface area contributed by atoms with Crippen LogP contribution in [0.2, 0.25) is 0 Å². The minimum absolute atomic E-state index is 0.0162. The van der Waals surface area contributed by atoms with Gasteiger partial charge in [-0.1, -0.05) is 224 Å². The van der Waals surface area contributed by atoms with Crippen molar-refractivity contribution in [3.05, 3.63) is 146 Å². The maximum atomic E-state index is 13.2. The van der Waals surface area contributed by atoms with Crippen molar-refractivity contribution in [3.8, 4) is 0 Å². The van der Waals surface area contributed by atoms with Gasteiger partial charge in [-0.3, -0.25) is 14.4 Å². The number of carbonyl (C=O) groups excluding carboxylic acids is 3. The highest BCUT2D eigenvalue weighted by molar-refractivity contribution is 5.74. The standard InChI is InChI=1S/C71H110O12/c1-4-7-10-13-16-19-22-25-28-31-32-35-36-39-42-45-48-51-54-57-63(72)79-60-62(81-64(73)58-55-52-49-46-43-40-37-33-29-26-23-20-17-14-11-8-5-2)61-80-71-69(67(76)66(75)68(83-71)70(77)78)82-65(74)59-56-53-50-47-44-41-38-34-30-27-24-21-18-15-12-9-6-3/h7,9-10,12,16-21,25-30,32,35,38-39,41-42,48,51,62,66-69,71,75-76H,4-6,8,11,13-15,22-24,31,33-34,36-37,40,43-47,49-50,52-61H2,1-3H3,(H,77,78)/b10-7-,12-9-,19-16-,20-17-,21-18-,28-25-,29-26-,30-27-,35-32-,41-38-,42-39-,51-48-. The third-order valence-electron chi connectivity index (χ3n) is 13.4. The van der Waals surface area contributed by atoms with Crippen LogP contribution < -0.4 is 0 Å². The molecule has 0 radical (unpaired) electrons. The van der Waals surface area contributed by atoms with Crippen molar-refractivity contribution in [2.24, 2.45) is 0 Å². The number of carboxylic acid groups (broad SMARTS) is 1. The number of esters is 3. The van der Waals surface area contributed by atoms with Crippen molar-refractivity contribution in [1.82, 2.24) is 0 Å². The Bertz CT molecular complexity index is 2000. The molecule has 0 saturated carbocycles. The van der Waals surface area contributed by atoms with E-state index >= 15 is 0 Å². The van der Waals surface area contributed by atoms with E-state index in [4.69, 9.17) is 23.7 Å². The second-order valence-electron chi connectivity index (χ2n) is 20.9. The predicted molar refractivity (Wildman–Crippen MR) is 339 cm³/mol. The van der Waals surface area contributed by atoms with Crippen LogP contribution in [-0.4, -0.2) is 89.2 Å².